The predicted octanol–water partition coefficient (Wildman–Crippen LogP) is 4.41. The molecule has 132 valence electrons. The van der Waals surface area contributed by atoms with Crippen molar-refractivity contribution in [2.45, 2.75) is 12.5 Å². The first-order chi connectivity index (χ1) is 12.5. The fraction of sp³-hybridized carbons (Fsp3) is 0.105. The number of carboxylic acid groups (broad SMARTS) is 1. The molecule has 1 atom stereocenters. The van der Waals surface area contributed by atoms with Gasteiger partial charge in [0.15, 0.2) is 0 Å². The largest absolute Gasteiger partial charge is 0.481 e. The van der Waals surface area contributed by atoms with Crippen molar-refractivity contribution in [1.82, 2.24) is 10.3 Å². The Balaban J connectivity index is 1.80. The van der Waals surface area contributed by atoms with Crippen molar-refractivity contribution in [3.05, 3.63) is 76.3 Å². The first kappa shape index (κ1) is 18.1. The monoisotopic (exact) mass is 386 g/mol. The highest BCUT2D eigenvalue weighted by Gasteiger charge is 2.20. The Bertz CT molecular complexity index is 927. The standard InChI is InChI=1S/C19H15ClN2O3S/c20-14-9-5-4-8-13(14)19-22-16(11-26-19)18(25)21-15(10-17(23)24)12-6-2-1-3-7-12/h1-9,11,15H,10H2,(H,21,25)(H,23,24)/t15-/m0/s1. The van der Waals surface area contributed by atoms with Crippen LogP contribution in [0.1, 0.15) is 28.5 Å². The lowest BCUT2D eigenvalue weighted by Gasteiger charge is -2.16. The van der Waals surface area contributed by atoms with Crippen LogP contribution in [0, 0.1) is 0 Å². The van der Waals surface area contributed by atoms with Gasteiger partial charge in [0.05, 0.1) is 17.5 Å². The van der Waals surface area contributed by atoms with Gasteiger partial charge < -0.3 is 10.4 Å². The van der Waals surface area contributed by atoms with Crippen LogP contribution >= 0.6 is 22.9 Å². The van der Waals surface area contributed by atoms with Crippen molar-refractivity contribution in [2.24, 2.45) is 0 Å². The molecule has 0 fully saturated rings. The lowest BCUT2D eigenvalue weighted by Crippen LogP contribution is -2.30. The van der Waals surface area contributed by atoms with E-state index >= 15 is 0 Å². The highest BCUT2D eigenvalue weighted by Crippen LogP contribution is 2.30. The molecule has 1 amide bonds. The number of hydrogen-bond acceptors (Lipinski definition) is 4. The number of nitrogens with zero attached hydrogens (tertiary/aromatic N) is 1. The molecule has 0 saturated heterocycles. The second-order valence-electron chi connectivity index (χ2n) is 5.55. The minimum absolute atomic E-state index is 0.211. The third-order valence-electron chi connectivity index (χ3n) is 3.73. The molecule has 2 N–H and O–H groups in total. The summed E-state index contributed by atoms with van der Waals surface area (Å²) >= 11 is 7.48. The van der Waals surface area contributed by atoms with E-state index < -0.39 is 17.9 Å². The van der Waals surface area contributed by atoms with Crippen molar-refractivity contribution < 1.29 is 14.7 Å². The summed E-state index contributed by atoms with van der Waals surface area (Å²) in [5.41, 5.74) is 1.71. The topological polar surface area (TPSA) is 79.3 Å². The summed E-state index contributed by atoms with van der Waals surface area (Å²) in [7, 11) is 0. The number of aromatic nitrogens is 1. The van der Waals surface area contributed by atoms with Crippen molar-refractivity contribution >= 4 is 34.8 Å². The summed E-state index contributed by atoms with van der Waals surface area (Å²) in [6.07, 6.45) is -0.211. The van der Waals surface area contributed by atoms with Crippen LogP contribution in [0.3, 0.4) is 0 Å². The van der Waals surface area contributed by atoms with E-state index in [-0.39, 0.29) is 12.1 Å². The molecule has 3 aromatic rings. The Hall–Kier alpha value is -2.70. The molecule has 5 nitrogen and oxygen atoms in total. The van der Waals surface area contributed by atoms with Gasteiger partial charge in [-0.1, -0.05) is 60.1 Å². The second kappa shape index (κ2) is 8.12. The van der Waals surface area contributed by atoms with E-state index in [0.717, 1.165) is 11.1 Å². The fourth-order valence-electron chi connectivity index (χ4n) is 2.48. The van der Waals surface area contributed by atoms with Crippen molar-refractivity contribution in [3.8, 4) is 10.6 Å². The molecule has 0 aliphatic heterocycles. The van der Waals surface area contributed by atoms with E-state index in [0.29, 0.717) is 10.0 Å². The highest BCUT2D eigenvalue weighted by molar-refractivity contribution is 7.13. The highest BCUT2D eigenvalue weighted by atomic mass is 35.5. The number of aliphatic carboxylic acids is 1. The van der Waals surface area contributed by atoms with E-state index in [4.69, 9.17) is 16.7 Å². The first-order valence-electron chi connectivity index (χ1n) is 7.82. The molecular formula is C19H15ClN2O3S. The fourth-order valence-corrected chi connectivity index (χ4v) is 3.60. The van der Waals surface area contributed by atoms with Gasteiger partial charge in [-0.25, -0.2) is 4.98 Å². The first-order valence-corrected chi connectivity index (χ1v) is 9.08. The second-order valence-corrected chi connectivity index (χ2v) is 6.82. The smallest absolute Gasteiger partial charge is 0.305 e. The molecule has 1 aromatic heterocycles. The molecule has 2 aromatic carbocycles. The van der Waals surface area contributed by atoms with Crippen LogP contribution in [0.2, 0.25) is 5.02 Å². The molecule has 26 heavy (non-hydrogen) atoms. The molecule has 0 saturated carbocycles. The molecule has 7 heteroatoms. The summed E-state index contributed by atoms with van der Waals surface area (Å²) < 4.78 is 0. The molecule has 0 aliphatic carbocycles. The number of halogens is 1. The lowest BCUT2D eigenvalue weighted by molar-refractivity contribution is -0.137. The summed E-state index contributed by atoms with van der Waals surface area (Å²) in [5, 5.41) is 14.7. The number of carbonyl (C=O) groups excluding carboxylic acids is 1. The van der Waals surface area contributed by atoms with Gasteiger partial charge in [0.25, 0.3) is 5.91 Å². The van der Waals surface area contributed by atoms with Crippen LogP contribution in [-0.4, -0.2) is 22.0 Å². The van der Waals surface area contributed by atoms with Crippen LogP contribution in [0.25, 0.3) is 10.6 Å². The molecule has 0 bridgehead atoms. The number of amides is 1. The van der Waals surface area contributed by atoms with Gasteiger partial charge in [0, 0.05) is 10.9 Å². The third kappa shape index (κ3) is 4.28. The van der Waals surface area contributed by atoms with Crippen LogP contribution in [0.5, 0.6) is 0 Å². The molecule has 1 heterocycles. The van der Waals surface area contributed by atoms with Gasteiger partial charge in [-0.2, -0.15) is 0 Å². The number of thiazole rings is 1. The zero-order chi connectivity index (χ0) is 18.5. The van der Waals surface area contributed by atoms with E-state index in [1.165, 1.54) is 11.3 Å². The van der Waals surface area contributed by atoms with Gasteiger partial charge in [-0.3, -0.25) is 9.59 Å². The Morgan fingerprint density at radius 1 is 1.12 bits per heavy atom. The average molecular weight is 387 g/mol. The summed E-state index contributed by atoms with van der Waals surface area (Å²) in [4.78, 5) is 28.0. The molecule has 0 radical (unpaired) electrons. The van der Waals surface area contributed by atoms with Gasteiger partial charge in [-0.05, 0) is 11.6 Å². The summed E-state index contributed by atoms with van der Waals surface area (Å²) in [6, 6.07) is 15.6. The minimum Gasteiger partial charge on any atom is -0.481 e. The van der Waals surface area contributed by atoms with Gasteiger partial charge >= 0.3 is 5.97 Å². The molecule has 0 spiro atoms. The summed E-state index contributed by atoms with van der Waals surface area (Å²) in [5.74, 6) is -1.41. The normalized spacial score (nSPS) is 11.7. The number of benzene rings is 2. The zero-order valence-corrected chi connectivity index (χ0v) is 15.1. The SMILES string of the molecule is O=C(O)C[C@H](NC(=O)c1csc(-c2ccccc2Cl)n1)c1ccccc1. The number of rotatable bonds is 6. The van der Waals surface area contributed by atoms with Crippen LogP contribution in [0.15, 0.2) is 60.0 Å². The van der Waals surface area contributed by atoms with Crippen molar-refractivity contribution in [3.63, 3.8) is 0 Å². The van der Waals surface area contributed by atoms with E-state index in [9.17, 15) is 9.59 Å². The Labute approximate surface area is 159 Å². The number of hydrogen-bond donors (Lipinski definition) is 2. The Morgan fingerprint density at radius 2 is 1.81 bits per heavy atom. The minimum atomic E-state index is -0.991. The van der Waals surface area contributed by atoms with Gasteiger partial charge in [-0.15, -0.1) is 11.3 Å². The van der Waals surface area contributed by atoms with Gasteiger partial charge in [0.1, 0.15) is 10.7 Å². The average Bonchev–Trinajstić information content (AvgIpc) is 3.12. The van der Waals surface area contributed by atoms with Crippen molar-refractivity contribution in [1.29, 1.82) is 0 Å². The van der Waals surface area contributed by atoms with Crippen LogP contribution < -0.4 is 5.32 Å². The zero-order valence-electron chi connectivity index (χ0n) is 13.6. The molecular weight excluding hydrogens is 372 g/mol. The lowest BCUT2D eigenvalue weighted by atomic mass is 10.0. The van der Waals surface area contributed by atoms with Crippen LogP contribution in [-0.2, 0) is 4.79 Å². The van der Waals surface area contributed by atoms with Crippen LogP contribution in [0.4, 0.5) is 0 Å². The summed E-state index contributed by atoms with van der Waals surface area (Å²) in [6.45, 7) is 0. The van der Waals surface area contributed by atoms with E-state index in [1.807, 2.05) is 24.3 Å². The maximum absolute atomic E-state index is 12.5. The molecule has 0 aliphatic rings. The maximum atomic E-state index is 12.5. The molecule has 0 unspecified atom stereocenters. The Morgan fingerprint density at radius 3 is 2.50 bits per heavy atom. The van der Waals surface area contributed by atoms with Gasteiger partial charge in [0.2, 0.25) is 0 Å². The maximum Gasteiger partial charge on any atom is 0.305 e. The Kier molecular flexibility index (Phi) is 5.65. The number of nitrogens with one attached hydrogen (secondary N) is 1. The number of carbonyl (C=O) groups is 2. The van der Waals surface area contributed by atoms with Crippen molar-refractivity contribution in [2.75, 3.05) is 0 Å². The third-order valence-corrected chi connectivity index (χ3v) is 4.93. The number of carboxylic acids is 1. The predicted molar refractivity (Wildman–Crippen MR) is 101 cm³/mol. The van der Waals surface area contributed by atoms with E-state index in [1.54, 1.807) is 35.7 Å². The quantitative estimate of drug-likeness (QED) is 0.657. The van der Waals surface area contributed by atoms with E-state index in [2.05, 4.69) is 10.3 Å². The molecule has 3 rings (SSSR count).